The summed E-state index contributed by atoms with van der Waals surface area (Å²) < 4.78 is 27.4. The Hall–Kier alpha value is -1.18. The van der Waals surface area contributed by atoms with Crippen molar-refractivity contribution in [2.24, 2.45) is 5.92 Å². The third-order valence-corrected chi connectivity index (χ3v) is 3.84. The average Bonchev–Trinajstić information content (AvgIpc) is 2.42. The van der Waals surface area contributed by atoms with E-state index in [1.807, 2.05) is 30.3 Å². The Kier molecular flexibility index (Phi) is 6.90. The molecule has 1 rings (SSSR count). The number of hydrogen-bond acceptors (Lipinski definition) is 0. The smallest absolute Gasteiger partial charge is 0.207 e. The van der Waals surface area contributed by atoms with Crippen molar-refractivity contribution in [3.05, 3.63) is 48.0 Å². The standard InChI is InChI=1S/C18H26F2/c1-4-6-7-8-9-17(18(3,19)20)14-16-12-10-15(5-2)11-13-16/h4,10-13,17H,1,5-9,14H2,2-3H3. The number of allylic oxidation sites excluding steroid dienone is 1. The highest BCUT2D eigenvalue weighted by molar-refractivity contribution is 5.23. The molecule has 0 aromatic heterocycles. The lowest BCUT2D eigenvalue weighted by Gasteiger charge is -2.23. The van der Waals surface area contributed by atoms with Crippen molar-refractivity contribution in [2.75, 3.05) is 0 Å². The van der Waals surface area contributed by atoms with E-state index in [4.69, 9.17) is 0 Å². The van der Waals surface area contributed by atoms with E-state index in [-0.39, 0.29) is 0 Å². The molecule has 1 unspecified atom stereocenters. The van der Waals surface area contributed by atoms with Crippen LogP contribution in [0, 0.1) is 5.92 Å². The highest BCUT2D eigenvalue weighted by atomic mass is 19.3. The molecule has 112 valence electrons. The summed E-state index contributed by atoms with van der Waals surface area (Å²) in [6, 6.07) is 8.05. The molecular formula is C18H26F2. The number of unbranched alkanes of at least 4 members (excludes halogenated alkanes) is 2. The van der Waals surface area contributed by atoms with Crippen LogP contribution in [0.15, 0.2) is 36.9 Å². The maximum Gasteiger partial charge on any atom is 0.248 e. The molecular weight excluding hydrogens is 254 g/mol. The van der Waals surface area contributed by atoms with E-state index in [9.17, 15) is 8.78 Å². The summed E-state index contributed by atoms with van der Waals surface area (Å²) in [5, 5.41) is 0. The summed E-state index contributed by atoms with van der Waals surface area (Å²) >= 11 is 0. The Morgan fingerprint density at radius 1 is 1.15 bits per heavy atom. The maximum atomic E-state index is 13.7. The van der Waals surface area contributed by atoms with Crippen molar-refractivity contribution in [2.45, 2.75) is 58.3 Å². The number of benzene rings is 1. The van der Waals surface area contributed by atoms with E-state index in [1.54, 1.807) is 0 Å². The molecule has 0 spiro atoms. The van der Waals surface area contributed by atoms with Crippen LogP contribution >= 0.6 is 0 Å². The monoisotopic (exact) mass is 280 g/mol. The van der Waals surface area contributed by atoms with Gasteiger partial charge in [-0.25, -0.2) is 8.78 Å². The van der Waals surface area contributed by atoms with Crippen LogP contribution in [0.2, 0.25) is 0 Å². The zero-order valence-electron chi connectivity index (χ0n) is 12.7. The van der Waals surface area contributed by atoms with Crippen molar-refractivity contribution in [3.63, 3.8) is 0 Å². The Balaban J connectivity index is 2.61. The van der Waals surface area contributed by atoms with Crippen LogP contribution in [0.4, 0.5) is 8.78 Å². The predicted molar refractivity (Wildman–Crippen MR) is 82.3 cm³/mol. The minimum absolute atomic E-state index is 0.460. The lowest BCUT2D eigenvalue weighted by Crippen LogP contribution is -2.26. The number of aryl methyl sites for hydroxylation is 1. The van der Waals surface area contributed by atoms with Gasteiger partial charge in [-0.1, -0.05) is 43.7 Å². The van der Waals surface area contributed by atoms with E-state index in [0.29, 0.717) is 12.8 Å². The van der Waals surface area contributed by atoms with Gasteiger partial charge in [0, 0.05) is 5.92 Å². The molecule has 0 saturated heterocycles. The van der Waals surface area contributed by atoms with Gasteiger partial charge in [-0.15, -0.1) is 6.58 Å². The van der Waals surface area contributed by atoms with Crippen LogP contribution in [0.3, 0.4) is 0 Å². The van der Waals surface area contributed by atoms with E-state index in [0.717, 1.165) is 38.2 Å². The predicted octanol–water partition coefficient (Wildman–Crippen LogP) is 5.81. The van der Waals surface area contributed by atoms with Crippen LogP contribution in [-0.4, -0.2) is 5.92 Å². The van der Waals surface area contributed by atoms with E-state index >= 15 is 0 Å². The van der Waals surface area contributed by atoms with Gasteiger partial charge in [0.05, 0.1) is 0 Å². The second-order valence-corrected chi connectivity index (χ2v) is 5.60. The van der Waals surface area contributed by atoms with Gasteiger partial charge >= 0.3 is 0 Å². The Morgan fingerprint density at radius 3 is 2.25 bits per heavy atom. The SMILES string of the molecule is C=CCCCCC(Cc1ccc(CC)cc1)C(C)(F)F. The quantitative estimate of drug-likeness (QED) is 0.395. The van der Waals surface area contributed by atoms with Crippen LogP contribution in [0.5, 0.6) is 0 Å². The number of hydrogen-bond donors (Lipinski definition) is 0. The molecule has 20 heavy (non-hydrogen) atoms. The topological polar surface area (TPSA) is 0 Å². The fraction of sp³-hybridized carbons (Fsp3) is 0.556. The third-order valence-electron chi connectivity index (χ3n) is 3.84. The lowest BCUT2D eigenvalue weighted by atomic mass is 9.88. The molecule has 0 saturated carbocycles. The van der Waals surface area contributed by atoms with Crippen molar-refractivity contribution in [3.8, 4) is 0 Å². The lowest BCUT2D eigenvalue weighted by molar-refractivity contribution is -0.0433. The second-order valence-electron chi connectivity index (χ2n) is 5.60. The normalized spacial score (nSPS) is 13.2. The molecule has 0 aliphatic carbocycles. The van der Waals surface area contributed by atoms with Crippen LogP contribution in [0.1, 0.15) is 50.7 Å². The van der Waals surface area contributed by atoms with Gasteiger partial charge in [0.25, 0.3) is 0 Å². The van der Waals surface area contributed by atoms with Gasteiger partial charge in [-0.3, -0.25) is 0 Å². The highest BCUT2D eigenvalue weighted by Gasteiger charge is 2.33. The van der Waals surface area contributed by atoms with E-state index in [2.05, 4.69) is 13.5 Å². The molecule has 1 aromatic rings. The molecule has 1 atom stereocenters. The maximum absolute atomic E-state index is 13.7. The molecule has 0 aliphatic heterocycles. The van der Waals surface area contributed by atoms with Gasteiger partial charge in [0.1, 0.15) is 0 Å². The molecule has 0 radical (unpaired) electrons. The van der Waals surface area contributed by atoms with Gasteiger partial charge in [-0.2, -0.15) is 0 Å². The summed E-state index contributed by atoms with van der Waals surface area (Å²) in [5.41, 5.74) is 2.26. The highest BCUT2D eigenvalue weighted by Crippen LogP contribution is 2.31. The minimum Gasteiger partial charge on any atom is -0.207 e. The third kappa shape index (κ3) is 5.85. The first-order valence-electron chi connectivity index (χ1n) is 7.54. The van der Waals surface area contributed by atoms with Gasteiger partial charge in [0.2, 0.25) is 5.92 Å². The van der Waals surface area contributed by atoms with Crippen molar-refractivity contribution in [1.82, 2.24) is 0 Å². The summed E-state index contributed by atoms with van der Waals surface area (Å²) in [6.45, 7) is 6.80. The Morgan fingerprint density at radius 2 is 1.75 bits per heavy atom. The second kappa shape index (κ2) is 8.18. The molecule has 0 amide bonds. The van der Waals surface area contributed by atoms with Crippen molar-refractivity contribution >= 4 is 0 Å². The number of rotatable bonds is 9. The number of alkyl halides is 2. The molecule has 2 heteroatoms. The van der Waals surface area contributed by atoms with E-state index < -0.39 is 11.8 Å². The minimum atomic E-state index is -2.61. The summed E-state index contributed by atoms with van der Waals surface area (Å²) in [4.78, 5) is 0. The van der Waals surface area contributed by atoms with E-state index in [1.165, 1.54) is 5.56 Å². The van der Waals surface area contributed by atoms with Crippen LogP contribution in [0.25, 0.3) is 0 Å². The Bertz CT molecular complexity index is 387. The van der Waals surface area contributed by atoms with Gasteiger partial charge in [-0.05, 0) is 50.2 Å². The molecule has 0 aliphatic rings. The molecule has 1 aromatic carbocycles. The summed E-state index contributed by atoms with van der Waals surface area (Å²) in [5.74, 6) is -3.18. The zero-order valence-corrected chi connectivity index (χ0v) is 12.7. The van der Waals surface area contributed by atoms with Gasteiger partial charge < -0.3 is 0 Å². The first kappa shape index (κ1) is 16.9. The summed E-state index contributed by atoms with van der Waals surface area (Å²) in [7, 11) is 0. The zero-order chi connectivity index (χ0) is 15.0. The first-order valence-corrected chi connectivity index (χ1v) is 7.54. The Labute approximate surface area is 121 Å². The van der Waals surface area contributed by atoms with Crippen molar-refractivity contribution in [1.29, 1.82) is 0 Å². The fourth-order valence-corrected chi connectivity index (χ4v) is 2.41. The molecule has 0 fully saturated rings. The number of halogens is 2. The molecule has 0 heterocycles. The van der Waals surface area contributed by atoms with Crippen LogP contribution in [-0.2, 0) is 12.8 Å². The van der Waals surface area contributed by atoms with Crippen molar-refractivity contribution < 1.29 is 8.78 Å². The molecule has 0 nitrogen and oxygen atoms in total. The summed E-state index contributed by atoms with van der Waals surface area (Å²) in [6.07, 6.45) is 6.57. The molecule has 0 bridgehead atoms. The molecule has 0 N–H and O–H groups in total. The first-order chi connectivity index (χ1) is 9.47. The fourth-order valence-electron chi connectivity index (χ4n) is 2.41. The van der Waals surface area contributed by atoms with Crippen LogP contribution < -0.4 is 0 Å². The average molecular weight is 280 g/mol. The largest absolute Gasteiger partial charge is 0.248 e. The van der Waals surface area contributed by atoms with Gasteiger partial charge in [0.15, 0.2) is 0 Å².